The van der Waals surface area contributed by atoms with Gasteiger partial charge in [0.25, 0.3) is 0 Å². The maximum atomic E-state index is 14.0. The Morgan fingerprint density at radius 1 is 1.03 bits per heavy atom. The van der Waals surface area contributed by atoms with Gasteiger partial charge in [-0.2, -0.15) is 0 Å². The number of nitrogens with one attached hydrogen (secondary N) is 1. The lowest BCUT2D eigenvalue weighted by atomic mass is 10.0. The zero-order valence-corrected chi connectivity index (χ0v) is 16.9. The van der Waals surface area contributed by atoms with E-state index in [1.807, 2.05) is 30.3 Å². The van der Waals surface area contributed by atoms with Crippen molar-refractivity contribution in [2.45, 2.75) is 19.4 Å². The fraction of sp³-hybridized carbons (Fsp3) is 0.130. The van der Waals surface area contributed by atoms with Crippen molar-refractivity contribution < 1.29 is 4.39 Å². The van der Waals surface area contributed by atoms with E-state index in [0.29, 0.717) is 33.7 Å². The number of nitrogens with zero attached hydrogens (tertiary/aromatic N) is 4. The van der Waals surface area contributed by atoms with Crippen molar-refractivity contribution in [3.63, 3.8) is 0 Å². The highest BCUT2D eigenvalue weighted by molar-refractivity contribution is 6.33. The van der Waals surface area contributed by atoms with E-state index in [4.69, 9.17) is 21.6 Å². The molecule has 3 heterocycles. The van der Waals surface area contributed by atoms with Gasteiger partial charge in [0.05, 0.1) is 16.5 Å². The Kier molecular flexibility index (Phi) is 4.64. The first-order valence-electron chi connectivity index (χ1n) is 9.66. The van der Waals surface area contributed by atoms with Gasteiger partial charge in [-0.1, -0.05) is 36.7 Å². The molecule has 1 aliphatic rings. The molecule has 0 fully saturated rings. The van der Waals surface area contributed by atoms with Crippen molar-refractivity contribution in [3.05, 3.63) is 82.8 Å². The summed E-state index contributed by atoms with van der Waals surface area (Å²) in [5.41, 5.74) is 3.00. The smallest absolute Gasteiger partial charge is 0.165 e. The van der Waals surface area contributed by atoms with Gasteiger partial charge in [0.1, 0.15) is 17.5 Å². The molecule has 5 nitrogen and oxygen atoms in total. The van der Waals surface area contributed by atoms with Crippen LogP contribution in [0.5, 0.6) is 0 Å². The Morgan fingerprint density at radius 2 is 1.90 bits per heavy atom. The molecular formula is C23H17ClFN5. The number of aliphatic imine (C=N–C) groups is 1. The Labute approximate surface area is 177 Å². The Bertz CT molecular complexity index is 1300. The van der Waals surface area contributed by atoms with Crippen molar-refractivity contribution in [2.75, 3.05) is 5.32 Å². The van der Waals surface area contributed by atoms with Crippen LogP contribution in [-0.2, 0) is 0 Å². The molecule has 1 unspecified atom stereocenters. The standard InChI is InChI=1S/C23H17ClFN5/c1-2-19-14-10-9-13(25)12-17(14)23(27-19)30-22-16-7-5-11-26-20(16)28-21(29-22)15-6-3-4-8-18(15)24/h3-12,19H,2H2,1H3,(H,26,27,28,29,30). The molecule has 0 radical (unpaired) electrons. The third kappa shape index (κ3) is 3.19. The summed E-state index contributed by atoms with van der Waals surface area (Å²) in [4.78, 5) is 18.5. The summed E-state index contributed by atoms with van der Waals surface area (Å²) in [6.45, 7) is 2.06. The van der Waals surface area contributed by atoms with Gasteiger partial charge in [0, 0.05) is 17.3 Å². The Morgan fingerprint density at radius 3 is 2.73 bits per heavy atom. The van der Waals surface area contributed by atoms with Gasteiger partial charge in [-0.15, -0.1) is 0 Å². The van der Waals surface area contributed by atoms with Crippen molar-refractivity contribution in [3.8, 4) is 11.4 Å². The number of benzene rings is 2. The molecule has 2 aromatic carbocycles. The summed E-state index contributed by atoms with van der Waals surface area (Å²) < 4.78 is 14.0. The molecule has 5 rings (SSSR count). The van der Waals surface area contributed by atoms with Crippen LogP contribution in [0, 0.1) is 5.82 Å². The van der Waals surface area contributed by atoms with Crippen LogP contribution in [0.4, 0.5) is 10.2 Å². The lowest BCUT2D eigenvalue weighted by Crippen LogP contribution is -2.14. The quantitative estimate of drug-likeness (QED) is 0.457. The topological polar surface area (TPSA) is 63.1 Å². The molecule has 0 saturated carbocycles. The number of rotatable bonds is 3. The molecule has 0 amide bonds. The molecule has 0 spiro atoms. The third-order valence-electron chi connectivity index (χ3n) is 5.12. The van der Waals surface area contributed by atoms with Crippen molar-refractivity contribution in [2.24, 2.45) is 4.99 Å². The lowest BCUT2D eigenvalue weighted by molar-refractivity contribution is 0.625. The number of halogens is 2. The van der Waals surface area contributed by atoms with Gasteiger partial charge >= 0.3 is 0 Å². The summed E-state index contributed by atoms with van der Waals surface area (Å²) in [5.74, 6) is 1.30. The van der Waals surface area contributed by atoms with Gasteiger partial charge in [0.2, 0.25) is 0 Å². The second kappa shape index (κ2) is 7.46. The molecule has 0 bridgehead atoms. The zero-order chi connectivity index (χ0) is 20.7. The van der Waals surface area contributed by atoms with Crippen LogP contribution in [-0.4, -0.2) is 20.8 Å². The van der Waals surface area contributed by atoms with Crippen LogP contribution >= 0.6 is 11.6 Å². The Balaban J connectivity index is 1.65. The lowest BCUT2D eigenvalue weighted by Gasteiger charge is -2.12. The SMILES string of the molecule is CCC1N=C(Nc2nc(-c3ccccc3Cl)nc3ncccc23)c2cc(F)ccc21. The fourth-order valence-electron chi connectivity index (χ4n) is 3.66. The van der Waals surface area contributed by atoms with Crippen LogP contribution in [0.3, 0.4) is 0 Å². The number of pyridine rings is 1. The van der Waals surface area contributed by atoms with Gasteiger partial charge in [-0.3, -0.25) is 4.99 Å². The van der Waals surface area contributed by atoms with Gasteiger partial charge in [-0.25, -0.2) is 19.3 Å². The summed E-state index contributed by atoms with van der Waals surface area (Å²) in [7, 11) is 0. The molecule has 0 saturated heterocycles. The fourth-order valence-corrected chi connectivity index (χ4v) is 3.88. The van der Waals surface area contributed by atoms with Crippen molar-refractivity contribution >= 4 is 34.3 Å². The molecule has 4 aromatic rings. The maximum Gasteiger partial charge on any atom is 0.165 e. The van der Waals surface area contributed by atoms with E-state index < -0.39 is 0 Å². The summed E-state index contributed by atoms with van der Waals surface area (Å²) in [6.07, 6.45) is 2.50. The zero-order valence-electron chi connectivity index (χ0n) is 16.1. The predicted octanol–water partition coefficient (Wildman–Crippen LogP) is 5.81. The summed E-state index contributed by atoms with van der Waals surface area (Å²) in [6, 6.07) is 15.9. The van der Waals surface area contributed by atoms with E-state index in [0.717, 1.165) is 22.9 Å². The second-order valence-electron chi connectivity index (χ2n) is 7.01. The Hall–Kier alpha value is -3.38. The van der Waals surface area contributed by atoms with Crippen molar-refractivity contribution in [1.29, 1.82) is 0 Å². The highest BCUT2D eigenvalue weighted by atomic mass is 35.5. The number of aromatic nitrogens is 3. The number of hydrogen-bond donors (Lipinski definition) is 1. The average Bonchev–Trinajstić information content (AvgIpc) is 3.10. The molecular weight excluding hydrogens is 401 g/mol. The molecule has 30 heavy (non-hydrogen) atoms. The molecule has 1 atom stereocenters. The predicted molar refractivity (Wildman–Crippen MR) is 117 cm³/mol. The average molecular weight is 418 g/mol. The van der Waals surface area contributed by atoms with Gasteiger partial charge in [-0.05, 0) is 48.4 Å². The minimum absolute atomic E-state index is 0.0163. The second-order valence-corrected chi connectivity index (χ2v) is 7.42. The molecule has 1 N–H and O–H groups in total. The molecule has 1 aliphatic heterocycles. The van der Waals surface area contributed by atoms with E-state index in [2.05, 4.69) is 22.2 Å². The molecule has 148 valence electrons. The van der Waals surface area contributed by atoms with E-state index >= 15 is 0 Å². The highest BCUT2D eigenvalue weighted by Crippen LogP contribution is 2.34. The number of hydrogen-bond acceptors (Lipinski definition) is 5. The van der Waals surface area contributed by atoms with E-state index in [1.54, 1.807) is 18.3 Å². The van der Waals surface area contributed by atoms with Crippen LogP contribution in [0.2, 0.25) is 5.02 Å². The van der Waals surface area contributed by atoms with Crippen LogP contribution in [0.25, 0.3) is 22.4 Å². The first-order chi connectivity index (χ1) is 14.6. The summed E-state index contributed by atoms with van der Waals surface area (Å²) in [5, 5.41) is 4.61. The van der Waals surface area contributed by atoms with Gasteiger partial charge in [0.15, 0.2) is 11.5 Å². The highest BCUT2D eigenvalue weighted by Gasteiger charge is 2.25. The maximum absolute atomic E-state index is 14.0. The minimum atomic E-state index is -0.300. The van der Waals surface area contributed by atoms with Crippen LogP contribution < -0.4 is 5.32 Å². The summed E-state index contributed by atoms with van der Waals surface area (Å²) >= 11 is 6.37. The number of anilines is 1. The number of amidine groups is 1. The largest absolute Gasteiger partial charge is 0.324 e. The van der Waals surface area contributed by atoms with Crippen LogP contribution in [0.1, 0.15) is 30.5 Å². The van der Waals surface area contributed by atoms with E-state index in [1.165, 1.54) is 12.1 Å². The van der Waals surface area contributed by atoms with Crippen LogP contribution in [0.15, 0.2) is 65.8 Å². The molecule has 7 heteroatoms. The third-order valence-corrected chi connectivity index (χ3v) is 5.45. The minimum Gasteiger partial charge on any atom is -0.324 e. The van der Waals surface area contributed by atoms with E-state index in [9.17, 15) is 4.39 Å². The molecule has 0 aliphatic carbocycles. The van der Waals surface area contributed by atoms with Crippen molar-refractivity contribution in [1.82, 2.24) is 15.0 Å². The first-order valence-corrected chi connectivity index (χ1v) is 10.0. The monoisotopic (exact) mass is 417 g/mol. The molecule has 2 aromatic heterocycles. The van der Waals surface area contributed by atoms with E-state index in [-0.39, 0.29) is 11.9 Å². The normalized spacial score (nSPS) is 15.2. The van der Waals surface area contributed by atoms with Gasteiger partial charge < -0.3 is 5.32 Å². The number of fused-ring (bicyclic) bond motifs is 2. The first kappa shape index (κ1) is 18.6.